The van der Waals surface area contributed by atoms with Crippen LogP contribution in [0.4, 0.5) is 0 Å². The highest BCUT2D eigenvalue weighted by atomic mass is 16.5. The van der Waals surface area contributed by atoms with Crippen molar-refractivity contribution >= 4 is 11.8 Å². The number of aryl methyl sites for hydroxylation is 1. The van der Waals surface area contributed by atoms with Crippen LogP contribution >= 0.6 is 0 Å². The van der Waals surface area contributed by atoms with Crippen LogP contribution in [-0.4, -0.2) is 17.9 Å². The molecule has 0 bridgehead atoms. The van der Waals surface area contributed by atoms with Gasteiger partial charge in [-0.25, -0.2) is 4.79 Å². The number of ketones is 1. The van der Waals surface area contributed by atoms with E-state index in [1.165, 1.54) is 0 Å². The summed E-state index contributed by atoms with van der Waals surface area (Å²) in [6.07, 6.45) is 6.38. The number of carbonyl (C=O) groups excluding carboxylic acids is 2. The smallest absolute Gasteiger partial charge is 0.337 e. The predicted octanol–water partition coefficient (Wildman–Crippen LogP) is 4.45. The fourth-order valence-electron chi connectivity index (χ4n) is 4.57. The van der Waals surface area contributed by atoms with Crippen LogP contribution in [0.5, 0.6) is 0 Å². The molecule has 0 unspecified atom stereocenters. The van der Waals surface area contributed by atoms with E-state index in [4.69, 9.17) is 4.74 Å². The number of Topliss-reactive ketones (excluding diaryl/α,β-unsaturated/α-hetero) is 1. The molecule has 142 valence electrons. The number of nitrogens with one attached hydrogen (secondary N) is 1. The van der Waals surface area contributed by atoms with E-state index < -0.39 is 0 Å². The molecular formula is C23H27NO3. The fraction of sp³-hybridized carbons (Fsp3) is 0.478. The molecule has 0 spiro atoms. The third-order valence-corrected chi connectivity index (χ3v) is 5.98. The van der Waals surface area contributed by atoms with Crippen LogP contribution in [0.25, 0.3) is 0 Å². The third-order valence-electron chi connectivity index (χ3n) is 5.98. The molecule has 4 rings (SSSR count). The van der Waals surface area contributed by atoms with Crippen molar-refractivity contribution in [2.24, 2.45) is 0 Å². The number of ether oxygens (including phenoxy) is 1. The number of benzene rings is 1. The first-order valence-electron chi connectivity index (χ1n) is 10.1. The molecule has 1 saturated carbocycles. The second-order valence-electron chi connectivity index (χ2n) is 7.99. The maximum absolute atomic E-state index is 13.1. The molecule has 1 N–H and O–H groups in total. The Labute approximate surface area is 160 Å². The summed E-state index contributed by atoms with van der Waals surface area (Å²) in [6.45, 7) is 3.97. The molecule has 4 nitrogen and oxygen atoms in total. The molecule has 1 aromatic rings. The number of carbonyl (C=O) groups is 2. The number of allylic oxidation sites excluding steroid dienone is 3. The van der Waals surface area contributed by atoms with E-state index in [0.717, 1.165) is 66.6 Å². The normalized spacial score (nSPS) is 23.3. The summed E-state index contributed by atoms with van der Waals surface area (Å²) in [5.74, 6) is -0.459. The van der Waals surface area contributed by atoms with Gasteiger partial charge in [-0.05, 0) is 57.9 Å². The van der Waals surface area contributed by atoms with Crippen molar-refractivity contribution in [1.82, 2.24) is 5.32 Å². The minimum atomic E-state index is -0.330. The standard InChI is InChI=1S/C23H27NO3/c1-14-10-12-16(13-11-14)21-20(23(26)27-17-6-3-4-7-17)15(2)24-18-8-5-9-19(25)22(18)21/h10-13,17,21,24H,3-9H2,1-2H3/t21-/m0/s1. The second-order valence-corrected chi connectivity index (χ2v) is 7.99. The summed E-state index contributed by atoms with van der Waals surface area (Å²) in [6, 6.07) is 8.15. The summed E-state index contributed by atoms with van der Waals surface area (Å²) < 4.78 is 5.84. The van der Waals surface area contributed by atoms with Gasteiger partial charge in [0.15, 0.2) is 5.78 Å². The number of rotatable bonds is 3. The molecule has 1 aromatic carbocycles. The van der Waals surface area contributed by atoms with Gasteiger partial charge >= 0.3 is 5.97 Å². The summed E-state index contributed by atoms with van der Waals surface area (Å²) in [5, 5.41) is 3.35. The van der Waals surface area contributed by atoms with E-state index in [0.29, 0.717) is 12.0 Å². The van der Waals surface area contributed by atoms with Crippen molar-refractivity contribution in [2.75, 3.05) is 0 Å². The first kappa shape index (κ1) is 18.0. The van der Waals surface area contributed by atoms with Crippen LogP contribution in [0.3, 0.4) is 0 Å². The first-order chi connectivity index (χ1) is 13.0. The zero-order chi connectivity index (χ0) is 19.0. The maximum Gasteiger partial charge on any atom is 0.337 e. The van der Waals surface area contributed by atoms with Crippen molar-refractivity contribution in [3.63, 3.8) is 0 Å². The van der Waals surface area contributed by atoms with Crippen molar-refractivity contribution < 1.29 is 14.3 Å². The molecule has 2 aliphatic carbocycles. The third kappa shape index (κ3) is 3.45. The molecule has 0 aromatic heterocycles. The molecule has 1 fully saturated rings. The first-order valence-corrected chi connectivity index (χ1v) is 10.1. The van der Waals surface area contributed by atoms with Gasteiger partial charge in [-0.3, -0.25) is 4.79 Å². The molecule has 0 saturated heterocycles. The Morgan fingerprint density at radius 1 is 1.04 bits per heavy atom. The molecule has 1 atom stereocenters. The Balaban J connectivity index is 1.75. The number of hydrogen-bond acceptors (Lipinski definition) is 4. The van der Waals surface area contributed by atoms with E-state index in [9.17, 15) is 9.59 Å². The SMILES string of the molecule is CC1=C(C(=O)OC2CCCC2)[C@H](c2ccc(C)cc2)C2=C(CCCC2=O)N1. The van der Waals surface area contributed by atoms with Crippen LogP contribution in [0.2, 0.25) is 0 Å². The summed E-state index contributed by atoms with van der Waals surface area (Å²) >= 11 is 0. The zero-order valence-electron chi connectivity index (χ0n) is 16.1. The Morgan fingerprint density at radius 3 is 2.44 bits per heavy atom. The van der Waals surface area contributed by atoms with E-state index in [1.54, 1.807) is 0 Å². The van der Waals surface area contributed by atoms with Gasteiger partial charge in [0.25, 0.3) is 0 Å². The lowest BCUT2D eigenvalue weighted by molar-refractivity contribution is -0.144. The van der Waals surface area contributed by atoms with Crippen molar-refractivity contribution in [3.8, 4) is 0 Å². The largest absolute Gasteiger partial charge is 0.459 e. The lowest BCUT2D eigenvalue weighted by Gasteiger charge is -2.34. The molecule has 1 heterocycles. The maximum atomic E-state index is 13.1. The molecule has 27 heavy (non-hydrogen) atoms. The lowest BCUT2D eigenvalue weighted by Crippen LogP contribution is -2.35. The lowest BCUT2D eigenvalue weighted by atomic mass is 9.75. The van der Waals surface area contributed by atoms with Gasteiger partial charge in [0, 0.05) is 29.3 Å². The predicted molar refractivity (Wildman–Crippen MR) is 104 cm³/mol. The highest BCUT2D eigenvalue weighted by Gasteiger charge is 2.39. The van der Waals surface area contributed by atoms with Crippen LogP contribution in [0, 0.1) is 6.92 Å². The van der Waals surface area contributed by atoms with Gasteiger partial charge in [0.2, 0.25) is 0 Å². The molecule has 0 amide bonds. The van der Waals surface area contributed by atoms with Crippen LogP contribution < -0.4 is 5.32 Å². The number of esters is 1. The highest BCUT2D eigenvalue weighted by molar-refractivity contribution is 6.03. The van der Waals surface area contributed by atoms with E-state index in [1.807, 2.05) is 38.1 Å². The Bertz CT molecular complexity index is 826. The van der Waals surface area contributed by atoms with Gasteiger partial charge in [-0.2, -0.15) is 0 Å². The van der Waals surface area contributed by atoms with Gasteiger partial charge < -0.3 is 10.1 Å². The Hall–Kier alpha value is -2.36. The summed E-state index contributed by atoms with van der Waals surface area (Å²) in [7, 11) is 0. The summed E-state index contributed by atoms with van der Waals surface area (Å²) in [4.78, 5) is 26.0. The minimum Gasteiger partial charge on any atom is -0.459 e. The van der Waals surface area contributed by atoms with Crippen molar-refractivity contribution in [3.05, 3.63) is 57.9 Å². The van der Waals surface area contributed by atoms with Crippen molar-refractivity contribution in [1.29, 1.82) is 0 Å². The van der Waals surface area contributed by atoms with Gasteiger partial charge in [0.1, 0.15) is 6.10 Å². The average Bonchev–Trinajstić information content (AvgIpc) is 3.14. The Kier molecular flexibility index (Phi) is 4.90. The molecule has 4 heteroatoms. The molecule has 3 aliphatic rings. The molecular weight excluding hydrogens is 338 g/mol. The van der Waals surface area contributed by atoms with Crippen molar-refractivity contribution in [2.45, 2.75) is 70.8 Å². The Morgan fingerprint density at radius 2 is 1.74 bits per heavy atom. The van der Waals surface area contributed by atoms with Crippen LogP contribution in [0.15, 0.2) is 46.8 Å². The number of hydrogen-bond donors (Lipinski definition) is 1. The second kappa shape index (κ2) is 7.34. The quantitative estimate of drug-likeness (QED) is 0.804. The van der Waals surface area contributed by atoms with E-state index in [-0.39, 0.29) is 23.8 Å². The van der Waals surface area contributed by atoms with E-state index in [2.05, 4.69) is 5.32 Å². The molecule has 0 radical (unpaired) electrons. The average molecular weight is 365 g/mol. The highest BCUT2D eigenvalue weighted by Crippen LogP contribution is 2.42. The van der Waals surface area contributed by atoms with E-state index >= 15 is 0 Å². The fourth-order valence-corrected chi connectivity index (χ4v) is 4.57. The topological polar surface area (TPSA) is 55.4 Å². The van der Waals surface area contributed by atoms with Crippen LogP contribution in [-0.2, 0) is 14.3 Å². The molecule has 1 aliphatic heterocycles. The van der Waals surface area contributed by atoms with Gasteiger partial charge in [-0.15, -0.1) is 0 Å². The van der Waals surface area contributed by atoms with Crippen LogP contribution in [0.1, 0.15) is 68.9 Å². The van der Waals surface area contributed by atoms with Gasteiger partial charge in [0.05, 0.1) is 5.57 Å². The minimum absolute atomic E-state index is 0.00824. The monoisotopic (exact) mass is 365 g/mol. The van der Waals surface area contributed by atoms with Gasteiger partial charge in [-0.1, -0.05) is 29.8 Å². The number of dihydropyridines is 1. The zero-order valence-corrected chi connectivity index (χ0v) is 16.1. The summed E-state index contributed by atoms with van der Waals surface area (Å²) in [5.41, 5.74) is 5.30.